The molecule has 1 N–H and O–H groups in total. The van der Waals surface area contributed by atoms with Gasteiger partial charge in [-0.3, -0.25) is 0 Å². The van der Waals surface area contributed by atoms with E-state index >= 15 is 0 Å². The Hall–Kier alpha value is -2.79. The van der Waals surface area contributed by atoms with Crippen molar-refractivity contribution in [3.05, 3.63) is 46.7 Å². The molecular weight excluding hydrogens is 471 g/mol. The number of hydrogen-bond acceptors (Lipinski definition) is 6. The number of pyridine rings is 2. The molecular formula is C22H27ClF3N7O. The summed E-state index contributed by atoms with van der Waals surface area (Å²) in [4.78, 5) is 29.0. The fourth-order valence-corrected chi connectivity index (χ4v) is 4.29. The molecule has 4 rings (SSSR count). The Morgan fingerprint density at radius 2 is 1.71 bits per heavy atom. The summed E-state index contributed by atoms with van der Waals surface area (Å²) in [6.45, 7) is 5.87. The summed E-state index contributed by atoms with van der Waals surface area (Å²) in [6, 6.07) is 4.58. The summed E-state index contributed by atoms with van der Waals surface area (Å²) in [6.07, 6.45) is -1.95. The molecule has 0 aliphatic carbocycles. The molecule has 12 heteroatoms. The largest absolute Gasteiger partial charge is 0.417 e. The first-order chi connectivity index (χ1) is 16.2. The van der Waals surface area contributed by atoms with Gasteiger partial charge in [-0.05, 0) is 30.8 Å². The van der Waals surface area contributed by atoms with Gasteiger partial charge in [0.05, 0.1) is 10.6 Å². The van der Waals surface area contributed by atoms with Gasteiger partial charge in [-0.15, -0.1) is 0 Å². The Morgan fingerprint density at radius 1 is 1.03 bits per heavy atom. The van der Waals surface area contributed by atoms with E-state index in [1.807, 2.05) is 12.1 Å². The first-order valence-corrected chi connectivity index (χ1v) is 11.5. The molecule has 2 amide bonds. The number of anilines is 2. The predicted octanol–water partition coefficient (Wildman–Crippen LogP) is 2.93. The molecule has 0 atom stereocenters. The topological polar surface area (TPSA) is 67.8 Å². The standard InChI is InChI=1S/C22H27ClF3N7O/c1-30-4-6-31(7-5-30)19-12-16(2-3-27-19)14-29-21(34)33-10-8-32(9-11-33)20-18(23)13-17(15-28-20)22(24,25)26/h2-3,12-13,15H,4-11,14H2,1H3,(H,29,34). The van der Waals surface area contributed by atoms with Crippen LogP contribution in [0.15, 0.2) is 30.6 Å². The van der Waals surface area contributed by atoms with E-state index in [9.17, 15) is 18.0 Å². The van der Waals surface area contributed by atoms with E-state index in [0.29, 0.717) is 38.5 Å². The zero-order valence-electron chi connectivity index (χ0n) is 18.9. The minimum atomic E-state index is -4.49. The lowest BCUT2D eigenvalue weighted by molar-refractivity contribution is -0.137. The van der Waals surface area contributed by atoms with Gasteiger partial charge < -0.3 is 24.9 Å². The number of aromatic nitrogens is 2. The van der Waals surface area contributed by atoms with Crippen LogP contribution in [0.2, 0.25) is 5.02 Å². The number of piperazine rings is 2. The summed E-state index contributed by atoms with van der Waals surface area (Å²) in [5.74, 6) is 1.21. The number of nitrogens with one attached hydrogen (secondary N) is 1. The van der Waals surface area contributed by atoms with E-state index in [4.69, 9.17) is 11.6 Å². The first kappa shape index (κ1) is 24.3. The number of rotatable bonds is 4. The molecule has 0 aromatic carbocycles. The van der Waals surface area contributed by atoms with Gasteiger partial charge in [-0.2, -0.15) is 13.2 Å². The molecule has 8 nitrogen and oxygen atoms in total. The lowest BCUT2D eigenvalue weighted by Gasteiger charge is -2.35. The Morgan fingerprint density at radius 3 is 2.35 bits per heavy atom. The maximum atomic E-state index is 12.8. The van der Waals surface area contributed by atoms with E-state index in [1.165, 1.54) is 0 Å². The van der Waals surface area contributed by atoms with Crippen molar-refractivity contribution >= 4 is 29.3 Å². The molecule has 2 aliphatic rings. The van der Waals surface area contributed by atoms with Gasteiger partial charge in [-0.25, -0.2) is 14.8 Å². The van der Waals surface area contributed by atoms with Gasteiger partial charge in [-0.1, -0.05) is 11.6 Å². The van der Waals surface area contributed by atoms with Gasteiger partial charge in [0.1, 0.15) is 11.6 Å². The van der Waals surface area contributed by atoms with Gasteiger partial charge in [0.15, 0.2) is 0 Å². The van der Waals surface area contributed by atoms with Crippen molar-refractivity contribution in [2.24, 2.45) is 0 Å². The molecule has 2 aliphatic heterocycles. The van der Waals surface area contributed by atoms with Crippen molar-refractivity contribution in [1.82, 2.24) is 25.1 Å². The quantitative estimate of drug-likeness (QED) is 0.700. The van der Waals surface area contributed by atoms with Crippen molar-refractivity contribution < 1.29 is 18.0 Å². The highest BCUT2D eigenvalue weighted by Crippen LogP contribution is 2.33. The lowest BCUT2D eigenvalue weighted by Crippen LogP contribution is -2.52. The van der Waals surface area contributed by atoms with Crippen LogP contribution in [0, 0.1) is 0 Å². The predicted molar refractivity (Wildman–Crippen MR) is 124 cm³/mol. The number of alkyl halides is 3. The van der Waals surface area contributed by atoms with Crippen LogP contribution in [0.4, 0.5) is 29.6 Å². The van der Waals surface area contributed by atoms with E-state index in [2.05, 4.69) is 32.1 Å². The fraction of sp³-hybridized carbons (Fsp3) is 0.500. The lowest BCUT2D eigenvalue weighted by atomic mass is 10.2. The molecule has 0 unspecified atom stereocenters. The third-order valence-electron chi connectivity index (χ3n) is 6.10. The number of likely N-dealkylation sites (N-methyl/N-ethyl adjacent to an activating group) is 1. The van der Waals surface area contributed by atoms with Gasteiger partial charge >= 0.3 is 12.2 Å². The van der Waals surface area contributed by atoms with Crippen LogP contribution < -0.4 is 15.1 Å². The highest BCUT2D eigenvalue weighted by Gasteiger charge is 2.32. The van der Waals surface area contributed by atoms with Crippen molar-refractivity contribution in [1.29, 1.82) is 0 Å². The number of urea groups is 1. The minimum absolute atomic E-state index is 0.0541. The Balaban J connectivity index is 1.28. The smallest absolute Gasteiger partial charge is 0.354 e. The van der Waals surface area contributed by atoms with E-state index in [-0.39, 0.29) is 11.1 Å². The molecule has 34 heavy (non-hydrogen) atoms. The van der Waals surface area contributed by atoms with E-state index < -0.39 is 11.7 Å². The molecule has 0 radical (unpaired) electrons. The zero-order valence-corrected chi connectivity index (χ0v) is 19.6. The summed E-state index contributed by atoms with van der Waals surface area (Å²) in [7, 11) is 2.10. The van der Waals surface area contributed by atoms with Gasteiger partial charge in [0.25, 0.3) is 0 Å². The number of nitrogens with zero attached hydrogens (tertiary/aromatic N) is 6. The van der Waals surface area contributed by atoms with Crippen molar-refractivity contribution in [3.8, 4) is 0 Å². The Bertz CT molecular complexity index is 1010. The minimum Gasteiger partial charge on any atom is -0.354 e. The second-order valence-corrected chi connectivity index (χ2v) is 8.88. The van der Waals surface area contributed by atoms with E-state index in [0.717, 1.165) is 49.8 Å². The van der Waals surface area contributed by atoms with Gasteiger partial charge in [0, 0.05) is 71.3 Å². The average molecular weight is 498 g/mol. The number of amides is 2. The third kappa shape index (κ3) is 5.82. The van der Waals surface area contributed by atoms with Crippen molar-refractivity contribution in [2.75, 3.05) is 69.2 Å². The van der Waals surface area contributed by atoms with Crippen LogP contribution in [-0.2, 0) is 12.7 Å². The van der Waals surface area contributed by atoms with Gasteiger partial charge in [0.2, 0.25) is 0 Å². The Kier molecular flexibility index (Phi) is 7.32. The fourth-order valence-electron chi connectivity index (χ4n) is 4.01. The highest BCUT2D eigenvalue weighted by atomic mass is 35.5. The van der Waals surface area contributed by atoms with Crippen molar-refractivity contribution in [2.45, 2.75) is 12.7 Å². The molecule has 0 saturated carbocycles. The number of carbonyl (C=O) groups is 1. The van der Waals surface area contributed by atoms with Crippen LogP contribution in [-0.4, -0.2) is 85.2 Å². The maximum Gasteiger partial charge on any atom is 0.417 e. The summed E-state index contributed by atoms with van der Waals surface area (Å²) in [5.41, 5.74) is 0.0859. The summed E-state index contributed by atoms with van der Waals surface area (Å²) < 4.78 is 38.5. The van der Waals surface area contributed by atoms with Crippen molar-refractivity contribution in [3.63, 3.8) is 0 Å². The average Bonchev–Trinajstić information content (AvgIpc) is 2.83. The SMILES string of the molecule is CN1CCN(c2cc(CNC(=O)N3CCN(c4ncc(C(F)(F)F)cc4Cl)CC3)ccn2)CC1. The van der Waals surface area contributed by atoms with Crippen LogP contribution in [0.1, 0.15) is 11.1 Å². The van der Waals surface area contributed by atoms with Crippen LogP contribution in [0.25, 0.3) is 0 Å². The highest BCUT2D eigenvalue weighted by molar-refractivity contribution is 6.33. The molecule has 2 aromatic heterocycles. The number of carbonyl (C=O) groups excluding carboxylic acids is 1. The summed E-state index contributed by atoms with van der Waals surface area (Å²) >= 11 is 6.05. The zero-order chi connectivity index (χ0) is 24.3. The normalized spacial score (nSPS) is 17.7. The molecule has 2 saturated heterocycles. The molecule has 0 bridgehead atoms. The summed E-state index contributed by atoms with van der Waals surface area (Å²) in [5, 5.41) is 2.89. The van der Waals surface area contributed by atoms with E-state index in [1.54, 1.807) is 16.0 Å². The molecule has 2 aromatic rings. The number of hydrogen-bond donors (Lipinski definition) is 1. The molecule has 184 valence electrons. The molecule has 4 heterocycles. The first-order valence-electron chi connectivity index (χ1n) is 11.1. The van der Waals surface area contributed by atoms with Crippen LogP contribution in [0.3, 0.4) is 0 Å². The Labute approximate surface area is 201 Å². The second kappa shape index (κ2) is 10.2. The molecule has 2 fully saturated rings. The maximum absolute atomic E-state index is 12.8. The van der Waals surface area contributed by atoms with Crippen LogP contribution >= 0.6 is 11.6 Å². The molecule has 0 spiro atoms. The number of halogens is 4. The monoisotopic (exact) mass is 497 g/mol. The second-order valence-electron chi connectivity index (χ2n) is 8.47. The third-order valence-corrected chi connectivity index (χ3v) is 6.37. The van der Waals surface area contributed by atoms with Crippen LogP contribution in [0.5, 0.6) is 0 Å².